The Hall–Kier alpha value is -2.27. The molecule has 0 spiro atoms. The zero-order valence-corrected chi connectivity index (χ0v) is 20.5. The number of rotatable bonds is 7. The molecule has 0 atom stereocenters. The summed E-state index contributed by atoms with van der Waals surface area (Å²) in [5, 5.41) is 2.24. The van der Waals surface area contributed by atoms with Crippen LogP contribution in [0, 0.1) is 30.5 Å². The summed E-state index contributed by atoms with van der Waals surface area (Å²) < 4.78 is 14.3. The van der Waals surface area contributed by atoms with Gasteiger partial charge in [-0.05, 0) is 98.0 Å². The average Bonchev–Trinajstić information content (AvgIpc) is 2.80. The van der Waals surface area contributed by atoms with Gasteiger partial charge < -0.3 is 0 Å². The number of aliphatic imine (C=N–C) groups is 1. The molecule has 0 bridgehead atoms. The van der Waals surface area contributed by atoms with Crippen LogP contribution in [0.1, 0.15) is 98.9 Å². The summed E-state index contributed by atoms with van der Waals surface area (Å²) in [4.78, 5) is 3.81. The summed E-state index contributed by atoms with van der Waals surface area (Å²) in [5.41, 5.74) is 5.37. The fourth-order valence-corrected chi connectivity index (χ4v) is 4.98. The van der Waals surface area contributed by atoms with Gasteiger partial charge in [0.05, 0.1) is 5.16 Å². The second-order valence-electron chi connectivity index (χ2n) is 9.06. The number of aryl methyl sites for hydroxylation is 2. The van der Waals surface area contributed by atoms with Gasteiger partial charge in [0.2, 0.25) is 0 Å². The van der Waals surface area contributed by atoms with Crippen molar-refractivity contribution in [2.45, 2.75) is 84.5 Å². The van der Waals surface area contributed by atoms with Gasteiger partial charge in [0, 0.05) is 11.1 Å². The molecule has 1 nitrogen and oxygen atoms in total. The molecule has 3 rings (SSSR count). The van der Waals surface area contributed by atoms with E-state index in [2.05, 4.69) is 66.3 Å². The third kappa shape index (κ3) is 6.38. The zero-order chi connectivity index (χ0) is 22.9. The molecule has 0 N–H and O–H groups in total. The minimum absolute atomic E-state index is 0.240. The number of hydrogen-bond donors (Lipinski definition) is 0. The van der Waals surface area contributed by atoms with E-state index in [4.69, 9.17) is 0 Å². The molecule has 2 aromatic rings. The first kappa shape index (κ1) is 24.4. The van der Waals surface area contributed by atoms with Crippen molar-refractivity contribution in [3.63, 3.8) is 0 Å². The van der Waals surface area contributed by atoms with Crippen LogP contribution in [0.25, 0.3) is 0 Å². The summed E-state index contributed by atoms with van der Waals surface area (Å²) in [6.07, 6.45) is 11.8. The Kier molecular flexibility index (Phi) is 9.22. The molecule has 0 amide bonds. The lowest BCUT2D eigenvalue weighted by Crippen LogP contribution is -2.13. The minimum atomic E-state index is -0.414. The summed E-state index contributed by atoms with van der Waals surface area (Å²) in [7, 11) is 0. The number of halogens is 1. The van der Waals surface area contributed by atoms with Crippen molar-refractivity contribution < 1.29 is 4.39 Å². The lowest BCUT2D eigenvalue weighted by molar-refractivity contribution is 0.302. The largest absolute Gasteiger partial charge is 0.205 e. The van der Waals surface area contributed by atoms with Crippen molar-refractivity contribution in [3.8, 4) is 11.8 Å². The molecule has 1 aliphatic carbocycles. The molecule has 0 heterocycles. The number of hydrogen-bond acceptors (Lipinski definition) is 2. The van der Waals surface area contributed by atoms with Crippen molar-refractivity contribution >= 4 is 23.1 Å². The van der Waals surface area contributed by atoms with Crippen molar-refractivity contribution in [2.24, 2.45) is 10.9 Å². The van der Waals surface area contributed by atoms with E-state index in [1.807, 2.05) is 13.0 Å². The van der Waals surface area contributed by atoms with Gasteiger partial charge in [0.15, 0.2) is 5.82 Å². The first-order chi connectivity index (χ1) is 15.5. The van der Waals surface area contributed by atoms with Crippen LogP contribution in [0.3, 0.4) is 0 Å². The Morgan fingerprint density at radius 2 is 1.81 bits per heavy atom. The van der Waals surface area contributed by atoms with Crippen LogP contribution in [0.2, 0.25) is 0 Å². The van der Waals surface area contributed by atoms with Gasteiger partial charge in [-0.2, -0.15) is 4.99 Å². The van der Waals surface area contributed by atoms with Gasteiger partial charge in [-0.3, -0.25) is 0 Å². The van der Waals surface area contributed by atoms with E-state index in [0.29, 0.717) is 17.0 Å². The van der Waals surface area contributed by atoms with Crippen LogP contribution in [-0.4, -0.2) is 5.16 Å². The van der Waals surface area contributed by atoms with Gasteiger partial charge in [0.25, 0.3) is 0 Å². The van der Waals surface area contributed by atoms with Crippen molar-refractivity contribution in [2.75, 3.05) is 0 Å². The van der Waals surface area contributed by atoms with E-state index in [1.54, 1.807) is 0 Å². The number of unbranched alkanes of at least 4 members (excludes halogenated alkanes) is 2. The topological polar surface area (TPSA) is 12.4 Å². The van der Waals surface area contributed by atoms with Crippen LogP contribution in [-0.2, 0) is 6.42 Å². The number of isothiocyanates is 1. The third-order valence-electron chi connectivity index (χ3n) is 6.80. The van der Waals surface area contributed by atoms with Crippen LogP contribution in [0.15, 0.2) is 35.3 Å². The fourth-order valence-electron chi connectivity index (χ4n) is 4.88. The minimum Gasteiger partial charge on any atom is -0.205 e. The van der Waals surface area contributed by atoms with E-state index < -0.39 is 5.82 Å². The van der Waals surface area contributed by atoms with Crippen LogP contribution in [0.5, 0.6) is 0 Å². The predicted molar refractivity (Wildman–Crippen MR) is 136 cm³/mol. The Labute approximate surface area is 198 Å². The smallest absolute Gasteiger partial charge is 0.151 e. The van der Waals surface area contributed by atoms with E-state index in [-0.39, 0.29) is 5.69 Å². The summed E-state index contributed by atoms with van der Waals surface area (Å²) in [6.45, 7) is 6.27. The molecule has 0 saturated heterocycles. The van der Waals surface area contributed by atoms with Gasteiger partial charge >= 0.3 is 0 Å². The molecule has 1 aliphatic rings. The van der Waals surface area contributed by atoms with Crippen molar-refractivity contribution in [3.05, 3.63) is 64.0 Å². The van der Waals surface area contributed by atoms with E-state index in [1.165, 1.54) is 68.6 Å². The van der Waals surface area contributed by atoms with Crippen molar-refractivity contribution in [1.29, 1.82) is 0 Å². The summed E-state index contributed by atoms with van der Waals surface area (Å²) in [5.74, 6) is 7.60. The Bertz CT molecular complexity index is 1010. The highest BCUT2D eigenvalue weighted by atomic mass is 32.1. The lowest BCUT2D eigenvalue weighted by atomic mass is 9.76. The molecule has 2 aromatic carbocycles. The molecule has 32 heavy (non-hydrogen) atoms. The first-order valence-corrected chi connectivity index (χ1v) is 12.5. The predicted octanol–water partition coefficient (Wildman–Crippen LogP) is 8.68. The van der Waals surface area contributed by atoms with Crippen LogP contribution >= 0.6 is 12.2 Å². The maximum Gasteiger partial charge on any atom is 0.151 e. The van der Waals surface area contributed by atoms with E-state index >= 15 is 0 Å². The normalized spacial score (nSPS) is 17.9. The molecule has 0 aliphatic heterocycles. The molecule has 0 unspecified atom stereocenters. The van der Waals surface area contributed by atoms with E-state index in [9.17, 15) is 4.39 Å². The maximum atomic E-state index is 14.3. The molecule has 1 fully saturated rings. The van der Waals surface area contributed by atoms with Crippen molar-refractivity contribution in [1.82, 2.24) is 0 Å². The zero-order valence-electron chi connectivity index (χ0n) is 19.6. The number of nitrogens with zero attached hydrogens (tertiary/aromatic N) is 1. The SMILES string of the molecule is CCCCCC1CCC(c2ccc(C#Cc3cc(C)c(N=C=S)c(F)c3)c(CC)c2)CC1. The average molecular weight is 448 g/mol. The Balaban J connectivity index is 1.72. The Morgan fingerprint density at radius 3 is 2.47 bits per heavy atom. The summed E-state index contributed by atoms with van der Waals surface area (Å²) in [6, 6.07) is 10.0. The van der Waals surface area contributed by atoms with Gasteiger partial charge in [-0.15, -0.1) is 0 Å². The van der Waals surface area contributed by atoms with E-state index in [0.717, 1.165) is 17.9 Å². The summed E-state index contributed by atoms with van der Waals surface area (Å²) >= 11 is 4.60. The molecule has 1 saturated carbocycles. The first-order valence-electron chi connectivity index (χ1n) is 12.1. The van der Waals surface area contributed by atoms with Crippen LogP contribution < -0.4 is 0 Å². The molecule has 3 heteroatoms. The second kappa shape index (κ2) is 12.1. The highest BCUT2D eigenvalue weighted by molar-refractivity contribution is 7.78. The van der Waals surface area contributed by atoms with Gasteiger partial charge in [-0.25, -0.2) is 4.39 Å². The van der Waals surface area contributed by atoms with Crippen LogP contribution in [0.4, 0.5) is 10.1 Å². The van der Waals surface area contributed by atoms with Gasteiger partial charge in [0.1, 0.15) is 5.69 Å². The molecule has 168 valence electrons. The maximum absolute atomic E-state index is 14.3. The third-order valence-corrected chi connectivity index (χ3v) is 6.89. The number of benzene rings is 2. The second-order valence-corrected chi connectivity index (χ2v) is 9.24. The lowest BCUT2D eigenvalue weighted by Gasteiger charge is -2.29. The molecular weight excluding hydrogens is 413 g/mol. The quantitative estimate of drug-likeness (QED) is 0.179. The monoisotopic (exact) mass is 447 g/mol. The highest BCUT2D eigenvalue weighted by Gasteiger charge is 2.22. The Morgan fingerprint density at radius 1 is 1.03 bits per heavy atom. The number of thiocarbonyl (C=S) groups is 1. The molecule has 0 radical (unpaired) electrons. The fraction of sp³-hybridized carbons (Fsp3) is 0.483. The molecule has 0 aromatic heterocycles. The highest BCUT2D eigenvalue weighted by Crippen LogP contribution is 2.38. The standard InChI is InChI=1S/C29H34FNS/c1-4-6-7-8-22-9-12-26(13-10-22)27-16-15-25(24(5-2)19-27)14-11-23-17-21(3)29(31-20-32)28(30)18-23/h15-19,22,26H,4-10,12-13H2,1-3H3. The van der Waals surface area contributed by atoms with Gasteiger partial charge in [-0.1, -0.05) is 63.5 Å². The molecular formula is C29H34FNS.